The number of aryl methyl sites for hydroxylation is 2. The summed E-state index contributed by atoms with van der Waals surface area (Å²) >= 11 is 0. The molecule has 90 valence electrons. The number of aromatic nitrogens is 1. The molecule has 0 aliphatic rings. The van der Waals surface area contributed by atoms with Crippen LogP contribution >= 0.6 is 0 Å². The van der Waals surface area contributed by atoms with Gasteiger partial charge in [0.25, 0.3) is 0 Å². The first kappa shape index (κ1) is 12.8. The van der Waals surface area contributed by atoms with Crippen molar-refractivity contribution in [1.82, 2.24) is 4.98 Å². The SMILES string of the molecule is Cc1ccc(NC(C)CC(F)(F)F)c(C)n1. The maximum Gasteiger partial charge on any atom is 0.391 e. The number of rotatable bonds is 3. The average Bonchev–Trinajstić information content (AvgIpc) is 2.06. The van der Waals surface area contributed by atoms with Crippen molar-refractivity contribution in [3.05, 3.63) is 23.5 Å². The van der Waals surface area contributed by atoms with E-state index in [2.05, 4.69) is 10.3 Å². The van der Waals surface area contributed by atoms with E-state index in [4.69, 9.17) is 0 Å². The molecule has 0 amide bonds. The van der Waals surface area contributed by atoms with Crippen LogP contribution in [0.15, 0.2) is 12.1 Å². The molecule has 1 aromatic heterocycles. The normalized spacial score (nSPS) is 13.6. The zero-order valence-corrected chi connectivity index (χ0v) is 9.52. The number of nitrogens with one attached hydrogen (secondary N) is 1. The topological polar surface area (TPSA) is 24.9 Å². The zero-order chi connectivity index (χ0) is 12.3. The van der Waals surface area contributed by atoms with E-state index in [0.29, 0.717) is 11.4 Å². The van der Waals surface area contributed by atoms with E-state index in [-0.39, 0.29) is 0 Å². The maximum absolute atomic E-state index is 12.1. The molecule has 1 unspecified atom stereocenters. The standard InChI is InChI=1S/C11H15F3N2/c1-7-4-5-10(9(3)15-7)16-8(2)6-11(12,13)14/h4-5,8,16H,6H2,1-3H3. The summed E-state index contributed by atoms with van der Waals surface area (Å²) < 4.78 is 36.4. The van der Waals surface area contributed by atoms with Crippen LogP contribution in [0.25, 0.3) is 0 Å². The minimum absolute atomic E-state index is 0.650. The summed E-state index contributed by atoms with van der Waals surface area (Å²) in [6, 6.07) is 2.88. The lowest BCUT2D eigenvalue weighted by atomic mass is 10.2. The van der Waals surface area contributed by atoms with Gasteiger partial charge in [0, 0.05) is 11.7 Å². The van der Waals surface area contributed by atoms with Crippen LogP contribution < -0.4 is 5.32 Å². The number of hydrogen-bond acceptors (Lipinski definition) is 2. The van der Waals surface area contributed by atoms with Gasteiger partial charge in [0.2, 0.25) is 0 Å². The van der Waals surface area contributed by atoms with Crippen molar-refractivity contribution in [3.63, 3.8) is 0 Å². The van der Waals surface area contributed by atoms with Gasteiger partial charge in [-0.25, -0.2) is 0 Å². The minimum Gasteiger partial charge on any atom is -0.381 e. The number of nitrogens with zero attached hydrogens (tertiary/aromatic N) is 1. The summed E-state index contributed by atoms with van der Waals surface area (Å²) in [6.07, 6.45) is -4.99. The van der Waals surface area contributed by atoms with E-state index < -0.39 is 18.6 Å². The van der Waals surface area contributed by atoms with Gasteiger partial charge in [-0.05, 0) is 32.9 Å². The fourth-order valence-electron chi connectivity index (χ4n) is 1.50. The van der Waals surface area contributed by atoms with Crippen LogP contribution in [0.3, 0.4) is 0 Å². The average molecular weight is 232 g/mol. The highest BCUT2D eigenvalue weighted by molar-refractivity contribution is 5.48. The Balaban J connectivity index is 2.66. The molecular formula is C11H15F3N2. The highest BCUT2D eigenvalue weighted by atomic mass is 19.4. The van der Waals surface area contributed by atoms with E-state index >= 15 is 0 Å². The van der Waals surface area contributed by atoms with Crippen molar-refractivity contribution in [2.45, 2.75) is 39.4 Å². The molecule has 1 rings (SSSR count). The van der Waals surface area contributed by atoms with Gasteiger partial charge in [-0.3, -0.25) is 4.98 Å². The van der Waals surface area contributed by atoms with Crippen LogP contribution in [0.5, 0.6) is 0 Å². The fourth-order valence-corrected chi connectivity index (χ4v) is 1.50. The van der Waals surface area contributed by atoms with Crippen molar-refractivity contribution in [1.29, 1.82) is 0 Å². The lowest BCUT2D eigenvalue weighted by Gasteiger charge is -2.18. The molecule has 0 saturated heterocycles. The molecule has 1 atom stereocenters. The number of pyridine rings is 1. The molecule has 0 aromatic carbocycles. The second-order valence-corrected chi connectivity index (χ2v) is 3.95. The number of halogens is 3. The van der Waals surface area contributed by atoms with Crippen LogP contribution in [0.2, 0.25) is 0 Å². The van der Waals surface area contributed by atoms with Gasteiger partial charge in [-0.1, -0.05) is 0 Å². The molecule has 0 spiro atoms. The smallest absolute Gasteiger partial charge is 0.381 e. The third-order valence-electron chi connectivity index (χ3n) is 2.16. The summed E-state index contributed by atoms with van der Waals surface area (Å²) in [7, 11) is 0. The van der Waals surface area contributed by atoms with Crippen LogP contribution in [0.4, 0.5) is 18.9 Å². The van der Waals surface area contributed by atoms with Gasteiger partial charge in [0.05, 0.1) is 17.8 Å². The van der Waals surface area contributed by atoms with Crippen molar-refractivity contribution in [2.24, 2.45) is 0 Å². The Morgan fingerprint density at radius 1 is 1.31 bits per heavy atom. The molecule has 0 aliphatic carbocycles. The molecule has 0 aliphatic heterocycles. The molecule has 2 nitrogen and oxygen atoms in total. The van der Waals surface area contributed by atoms with Crippen molar-refractivity contribution >= 4 is 5.69 Å². The lowest BCUT2D eigenvalue weighted by molar-refractivity contribution is -0.136. The maximum atomic E-state index is 12.1. The highest BCUT2D eigenvalue weighted by Gasteiger charge is 2.30. The van der Waals surface area contributed by atoms with E-state index in [1.165, 1.54) is 6.92 Å². The summed E-state index contributed by atoms with van der Waals surface area (Å²) in [5, 5.41) is 2.81. The molecule has 1 N–H and O–H groups in total. The molecular weight excluding hydrogens is 217 g/mol. The molecule has 0 saturated carbocycles. The molecule has 16 heavy (non-hydrogen) atoms. The van der Waals surface area contributed by atoms with Crippen LogP contribution in [0, 0.1) is 13.8 Å². The lowest BCUT2D eigenvalue weighted by Crippen LogP contribution is -2.24. The molecule has 5 heteroatoms. The molecule has 0 bridgehead atoms. The van der Waals surface area contributed by atoms with Gasteiger partial charge >= 0.3 is 6.18 Å². The quantitative estimate of drug-likeness (QED) is 0.863. The third kappa shape index (κ3) is 4.08. The summed E-state index contributed by atoms with van der Waals surface area (Å²) in [6.45, 7) is 5.12. The molecule has 1 heterocycles. The van der Waals surface area contributed by atoms with Gasteiger partial charge in [-0.15, -0.1) is 0 Å². The first-order chi connectivity index (χ1) is 7.28. The van der Waals surface area contributed by atoms with Crippen LogP contribution in [-0.4, -0.2) is 17.2 Å². The van der Waals surface area contributed by atoms with Gasteiger partial charge in [-0.2, -0.15) is 13.2 Å². The molecule has 0 fully saturated rings. The van der Waals surface area contributed by atoms with Crippen molar-refractivity contribution < 1.29 is 13.2 Å². The van der Waals surface area contributed by atoms with Gasteiger partial charge in [0.1, 0.15) is 0 Å². The first-order valence-electron chi connectivity index (χ1n) is 5.05. The van der Waals surface area contributed by atoms with Crippen molar-refractivity contribution in [3.8, 4) is 0 Å². The Labute approximate surface area is 92.9 Å². The molecule has 1 aromatic rings. The Bertz CT molecular complexity index is 361. The van der Waals surface area contributed by atoms with E-state index in [1.807, 2.05) is 6.92 Å². The predicted octanol–water partition coefficient (Wildman–Crippen LogP) is 3.45. The van der Waals surface area contributed by atoms with Crippen LogP contribution in [-0.2, 0) is 0 Å². The summed E-state index contributed by atoms with van der Waals surface area (Å²) in [5.41, 5.74) is 2.22. The van der Waals surface area contributed by atoms with E-state index in [1.54, 1.807) is 19.1 Å². The summed E-state index contributed by atoms with van der Waals surface area (Å²) in [4.78, 5) is 4.18. The second-order valence-electron chi connectivity index (χ2n) is 3.95. The van der Waals surface area contributed by atoms with Crippen molar-refractivity contribution in [2.75, 3.05) is 5.32 Å². The number of alkyl halides is 3. The highest BCUT2D eigenvalue weighted by Crippen LogP contribution is 2.23. The largest absolute Gasteiger partial charge is 0.391 e. The Kier molecular flexibility index (Phi) is 3.78. The fraction of sp³-hybridized carbons (Fsp3) is 0.545. The molecule has 0 radical (unpaired) electrons. The van der Waals surface area contributed by atoms with E-state index in [9.17, 15) is 13.2 Å². The second kappa shape index (κ2) is 4.72. The Hall–Kier alpha value is -1.26. The van der Waals surface area contributed by atoms with Gasteiger partial charge < -0.3 is 5.32 Å². The predicted molar refractivity (Wildman–Crippen MR) is 57.5 cm³/mol. The summed E-state index contributed by atoms with van der Waals surface area (Å²) in [5.74, 6) is 0. The first-order valence-corrected chi connectivity index (χ1v) is 5.05. The third-order valence-corrected chi connectivity index (χ3v) is 2.16. The number of anilines is 1. The number of hydrogen-bond donors (Lipinski definition) is 1. The zero-order valence-electron chi connectivity index (χ0n) is 9.52. The Morgan fingerprint density at radius 2 is 1.94 bits per heavy atom. The Morgan fingerprint density at radius 3 is 2.44 bits per heavy atom. The monoisotopic (exact) mass is 232 g/mol. The van der Waals surface area contributed by atoms with Gasteiger partial charge in [0.15, 0.2) is 0 Å². The minimum atomic E-state index is -4.14. The van der Waals surface area contributed by atoms with E-state index in [0.717, 1.165) is 5.69 Å². The van der Waals surface area contributed by atoms with Crippen LogP contribution in [0.1, 0.15) is 24.7 Å².